The predicted octanol–water partition coefficient (Wildman–Crippen LogP) is -1.58. The molecule has 17 heavy (non-hydrogen) atoms. The topological polar surface area (TPSA) is 93.4 Å². The summed E-state index contributed by atoms with van der Waals surface area (Å²) in [6.45, 7) is 2.05. The van der Waals surface area contributed by atoms with E-state index < -0.39 is 12.2 Å². The number of aliphatic hydroxyl groups is 4. The lowest BCUT2D eigenvalue weighted by Gasteiger charge is -2.23. The molecule has 0 rings (SSSR count). The lowest BCUT2D eigenvalue weighted by atomic mass is 10.2. The van der Waals surface area contributed by atoms with Gasteiger partial charge in [-0.3, -0.25) is 0 Å². The minimum Gasteiger partial charge on any atom is -0.394 e. The Morgan fingerprint density at radius 1 is 0.941 bits per heavy atom. The van der Waals surface area contributed by atoms with Gasteiger partial charge in [0, 0.05) is 26.7 Å². The fourth-order valence-electron chi connectivity index (χ4n) is 1.40. The summed E-state index contributed by atoms with van der Waals surface area (Å²) in [4.78, 5) is 2.03. The Kier molecular flexibility index (Phi) is 10.7. The van der Waals surface area contributed by atoms with E-state index in [1.54, 1.807) is 7.11 Å². The van der Waals surface area contributed by atoms with Crippen molar-refractivity contribution < 1.29 is 25.2 Å². The third kappa shape index (κ3) is 9.46. The molecule has 104 valence electrons. The normalized spacial score (nSPS) is 15.2. The van der Waals surface area contributed by atoms with Gasteiger partial charge < -0.3 is 30.1 Å². The largest absolute Gasteiger partial charge is 0.394 e. The summed E-state index contributed by atoms with van der Waals surface area (Å²) in [5, 5.41) is 35.9. The maximum Gasteiger partial charge on any atom is 0.0783 e. The molecule has 4 N–H and O–H groups in total. The van der Waals surface area contributed by atoms with Crippen LogP contribution in [0.2, 0.25) is 0 Å². The molecule has 2 atom stereocenters. The quantitative estimate of drug-likeness (QED) is 0.354. The van der Waals surface area contributed by atoms with Crippen LogP contribution in [0.1, 0.15) is 12.8 Å². The fraction of sp³-hybridized carbons (Fsp3) is 1.00. The van der Waals surface area contributed by atoms with E-state index in [0.717, 1.165) is 0 Å². The summed E-state index contributed by atoms with van der Waals surface area (Å²) in [5.74, 6) is 0. The summed E-state index contributed by atoms with van der Waals surface area (Å²) in [6.07, 6.45) is -0.448. The standard InChI is InChI=1S/C11H25NO5/c1-17-7-6-12(4-2-10(15)8-13)5-3-11(16)9-14/h10-11,13-16H,2-9H2,1H3/t10-,11-/m0/s1. The molecule has 6 nitrogen and oxygen atoms in total. The van der Waals surface area contributed by atoms with Crippen molar-refractivity contribution in [2.45, 2.75) is 25.0 Å². The lowest BCUT2D eigenvalue weighted by Crippen LogP contribution is -2.34. The van der Waals surface area contributed by atoms with Crippen molar-refractivity contribution >= 4 is 0 Å². The Morgan fingerprint density at radius 2 is 1.41 bits per heavy atom. The van der Waals surface area contributed by atoms with Crippen molar-refractivity contribution in [3.8, 4) is 0 Å². The smallest absolute Gasteiger partial charge is 0.0783 e. The summed E-state index contributed by atoms with van der Waals surface area (Å²) < 4.78 is 4.97. The molecule has 0 heterocycles. The lowest BCUT2D eigenvalue weighted by molar-refractivity contribution is 0.0568. The van der Waals surface area contributed by atoms with E-state index in [9.17, 15) is 10.2 Å². The number of aliphatic hydroxyl groups excluding tert-OH is 4. The third-order valence-corrected chi connectivity index (χ3v) is 2.59. The monoisotopic (exact) mass is 251 g/mol. The van der Waals surface area contributed by atoms with Crippen LogP contribution >= 0.6 is 0 Å². The molecular formula is C11H25NO5. The number of methoxy groups -OCH3 is 1. The Bertz CT molecular complexity index is 156. The van der Waals surface area contributed by atoms with Gasteiger partial charge in [0.1, 0.15) is 0 Å². The number of hydrogen-bond donors (Lipinski definition) is 4. The molecule has 0 saturated heterocycles. The van der Waals surface area contributed by atoms with Crippen molar-refractivity contribution in [3.63, 3.8) is 0 Å². The van der Waals surface area contributed by atoms with E-state index in [1.165, 1.54) is 0 Å². The second-order valence-corrected chi connectivity index (χ2v) is 4.08. The van der Waals surface area contributed by atoms with Crippen LogP contribution in [0.25, 0.3) is 0 Å². The number of hydrogen-bond acceptors (Lipinski definition) is 6. The molecule has 6 heteroatoms. The van der Waals surface area contributed by atoms with Crippen LogP contribution in [0, 0.1) is 0 Å². The van der Waals surface area contributed by atoms with Gasteiger partial charge in [0.05, 0.1) is 32.0 Å². The number of rotatable bonds is 11. The van der Waals surface area contributed by atoms with Gasteiger partial charge in [-0.15, -0.1) is 0 Å². The van der Waals surface area contributed by atoms with Crippen molar-refractivity contribution in [2.24, 2.45) is 0 Å². The van der Waals surface area contributed by atoms with Gasteiger partial charge in [-0.25, -0.2) is 0 Å². The highest BCUT2D eigenvalue weighted by Crippen LogP contribution is 2.00. The van der Waals surface area contributed by atoms with Crippen molar-refractivity contribution in [1.82, 2.24) is 4.90 Å². The molecule has 0 aliphatic carbocycles. The molecule has 0 aromatic carbocycles. The first-order chi connectivity index (χ1) is 8.13. The van der Waals surface area contributed by atoms with E-state index in [4.69, 9.17) is 14.9 Å². The van der Waals surface area contributed by atoms with Gasteiger partial charge >= 0.3 is 0 Å². The molecule has 0 aliphatic rings. The maximum atomic E-state index is 9.26. The van der Waals surface area contributed by atoms with Crippen molar-refractivity contribution in [3.05, 3.63) is 0 Å². The van der Waals surface area contributed by atoms with E-state index in [2.05, 4.69) is 0 Å². The van der Waals surface area contributed by atoms with Gasteiger partial charge in [-0.2, -0.15) is 0 Å². The molecule has 0 fully saturated rings. The minimum absolute atomic E-state index is 0.239. The van der Waals surface area contributed by atoms with E-state index in [0.29, 0.717) is 39.1 Å². The van der Waals surface area contributed by atoms with Gasteiger partial charge in [-0.05, 0) is 12.8 Å². The molecule has 0 spiro atoms. The van der Waals surface area contributed by atoms with Crippen LogP contribution in [0.4, 0.5) is 0 Å². The van der Waals surface area contributed by atoms with Gasteiger partial charge in [0.2, 0.25) is 0 Å². The molecule has 0 radical (unpaired) electrons. The zero-order valence-corrected chi connectivity index (χ0v) is 10.5. The Hall–Kier alpha value is -0.240. The highest BCUT2D eigenvalue weighted by molar-refractivity contribution is 4.64. The SMILES string of the molecule is COCCN(CC[C@H](O)CO)CC[C@H](O)CO. The van der Waals surface area contributed by atoms with Crippen LogP contribution in [-0.2, 0) is 4.74 Å². The highest BCUT2D eigenvalue weighted by Gasteiger charge is 2.10. The van der Waals surface area contributed by atoms with Crippen LogP contribution in [-0.4, -0.2) is 84.1 Å². The average molecular weight is 251 g/mol. The Morgan fingerprint density at radius 3 is 1.76 bits per heavy atom. The number of ether oxygens (including phenoxy) is 1. The van der Waals surface area contributed by atoms with Crippen LogP contribution in [0.5, 0.6) is 0 Å². The first-order valence-electron chi connectivity index (χ1n) is 5.93. The van der Waals surface area contributed by atoms with Crippen LogP contribution in [0.15, 0.2) is 0 Å². The molecule has 0 unspecified atom stereocenters. The molecule has 0 aliphatic heterocycles. The van der Waals surface area contributed by atoms with Gasteiger partial charge in [0.25, 0.3) is 0 Å². The summed E-state index contributed by atoms with van der Waals surface area (Å²) in [5.41, 5.74) is 0. The molecule has 0 bridgehead atoms. The van der Waals surface area contributed by atoms with Gasteiger partial charge in [0.15, 0.2) is 0 Å². The molecule has 0 aromatic heterocycles. The second-order valence-electron chi connectivity index (χ2n) is 4.08. The van der Waals surface area contributed by atoms with Crippen molar-refractivity contribution in [2.75, 3.05) is 46.6 Å². The second kappa shape index (κ2) is 10.9. The van der Waals surface area contributed by atoms with Gasteiger partial charge in [-0.1, -0.05) is 0 Å². The van der Waals surface area contributed by atoms with Crippen LogP contribution in [0.3, 0.4) is 0 Å². The summed E-state index contributed by atoms with van der Waals surface area (Å²) in [7, 11) is 1.61. The molecule has 0 aromatic rings. The Labute approximate surface area is 102 Å². The number of nitrogens with zero attached hydrogens (tertiary/aromatic N) is 1. The molecular weight excluding hydrogens is 226 g/mol. The predicted molar refractivity (Wildman–Crippen MR) is 63.7 cm³/mol. The zero-order valence-electron chi connectivity index (χ0n) is 10.5. The average Bonchev–Trinajstić information content (AvgIpc) is 2.36. The Balaban J connectivity index is 3.86. The maximum absolute atomic E-state index is 9.26. The zero-order chi connectivity index (χ0) is 13.1. The van der Waals surface area contributed by atoms with E-state index in [1.807, 2.05) is 4.90 Å². The van der Waals surface area contributed by atoms with E-state index in [-0.39, 0.29) is 13.2 Å². The molecule has 0 saturated carbocycles. The first-order valence-corrected chi connectivity index (χ1v) is 5.93. The minimum atomic E-state index is -0.706. The van der Waals surface area contributed by atoms with Crippen molar-refractivity contribution in [1.29, 1.82) is 0 Å². The third-order valence-electron chi connectivity index (χ3n) is 2.59. The summed E-state index contributed by atoms with van der Waals surface area (Å²) in [6, 6.07) is 0. The fourth-order valence-corrected chi connectivity index (χ4v) is 1.40. The van der Waals surface area contributed by atoms with E-state index >= 15 is 0 Å². The van der Waals surface area contributed by atoms with Crippen LogP contribution < -0.4 is 0 Å². The molecule has 0 amide bonds. The summed E-state index contributed by atoms with van der Waals surface area (Å²) >= 11 is 0. The first kappa shape index (κ1) is 16.8. The highest BCUT2D eigenvalue weighted by atomic mass is 16.5.